The summed E-state index contributed by atoms with van der Waals surface area (Å²) in [5.74, 6) is -3.92. The van der Waals surface area contributed by atoms with Crippen LogP contribution in [0, 0.1) is 0 Å². The second kappa shape index (κ2) is 6.55. The Morgan fingerprint density at radius 3 is 1.35 bits per heavy atom. The minimum atomic E-state index is -1.35. The van der Waals surface area contributed by atoms with E-state index < -0.39 is 48.7 Å². The van der Waals surface area contributed by atoms with Crippen molar-refractivity contribution in [3.8, 4) is 0 Å². The third-order valence-electron chi connectivity index (χ3n) is 1.65. The fraction of sp³-hybridized carbons (Fsp3) is 0.500. The number of nitrogens with two attached hydrogens (primary N) is 4. The molecule has 0 aromatic carbocycles. The molecular weight excluding hydrogens is 232 g/mol. The Bertz CT molecular complexity index is 311. The van der Waals surface area contributed by atoms with Gasteiger partial charge in [-0.25, -0.2) is 9.59 Å². The molecule has 0 aromatic heterocycles. The highest BCUT2D eigenvalue weighted by Crippen LogP contribution is 1.96. The lowest BCUT2D eigenvalue weighted by atomic mass is 10.2. The maximum atomic E-state index is 11.1. The van der Waals surface area contributed by atoms with Crippen molar-refractivity contribution in [1.82, 2.24) is 0 Å². The molecule has 0 rings (SSSR count). The highest BCUT2D eigenvalue weighted by molar-refractivity contribution is 5.94. The first-order valence-corrected chi connectivity index (χ1v) is 4.57. The molecule has 0 radical (unpaired) electrons. The molecule has 8 N–H and O–H groups in total. The van der Waals surface area contributed by atoms with E-state index >= 15 is 0 Å². The summed E-state index contributed by atoms with van der Waals surface area (Å²) in [5.41, 5.74) is 20.0. The predicted octanol–water partition coefficient (Wildman–Crippen LogP) is -3.54. The van der Waals surface area contributed by atoms with Crippen LogP contribution in [-0.4, -0.2) is 35.8 Å². The van der Waals surface area contributed by atoms with Crippen molar-refractivity contribution in [2.75, 3.05) is 0 Å². The average molecular weight is 246 g/mol. The summed E-state index contributed by atoms with van der Waals surface area (Å²) in [5, 5.41) is 0. The van der Waals surface area contributed by atoms with Gasteiger partial charge in [-0.1, -0.05) is 0 Å². The molecule has 0 aliphatic heterocycles. The number of carbonyl (C=O) groups excluding carboxylic acids is 4. The largest absolute Gasteiger partial charge is 0.391 e. The van der Waals surface area contributed by atoms with Crippen molar-refractivity contribution in [2.45, 2.75) is 24.9 Å². The maximum Gasteiger partial charge on any atom is 0.331 e. The Hall–Kier alpha value is -2.00. The van der Waals surface area contributed by atoms with Crippen LogP contribution < -0.4 is 22.9 Å². The van der Waals surface area contributed by atoms with Crippen molar-refractivity contribution < 1.29 is 23.9 Å². The van der Waals surface area contributed by atoms with Crippen LogP contribution in [0.25, 0.3) is 0 Å². The van der Waals surface area contributed by atoms with Crippen LogP contribution in [0.15, 0.2) is 0 Å². The number of hydrogen-bond donors (Lipinski definition) is 4. The maximum absolute atomic E-state index is 11.1. The highest BCUT2D eigenvalue weighted by atomic mass is 16.6. The van der Waals surface area contributed by atoms with Gasteiger partial charge in [-0.05, 0) is 0 Å². The van der Waals surface area contributed by atoms with E-state index in [4.69, 9.17) is 22.9 Å². The molecule has 0 fully saturated rings. The molecule has 0 aliphatic rings. The first kappa shape index (κ1) is 15.0. The molecular formula is C8H14N4O5. The standard InChI is InChI=1S/C8H14N4O5/c9-3(1-5(11)13)7(15)17-8(16)4(10)2-6(12)14/h3-4H,1-2,9-10H2,(H2,11,13)(H2,12,14)/t3-,4-/m0/s1. The van der Waals surface area contributed by atoms with Gasteiger partial charge in [0.2, 0.25) is 11.8 Å². The van der Waals surface area contributed by atoms with E-state index in [1.165, 1.54) is 0 Å². The topological polar surface area (TPSA) is 182 Å². The number of rotatable bonds is 6. The fourth-order valence-electron chi connectivity index (χ4n) is 0.851. The van der Waals surface area contributed by atoms with E-state index in [2.05, 4.69) is 4.74 Å². The highest BCUT2D eigenvalue weighted by Gasteiger charge is 2.25. The third kappa shape index (κ3) is 6.22. The van der Waals surface area contributed by atoms with Crippen molar-refractivity contribution >= 4 is 23.8 Å². The van der Waals surface area contributed by atoms with Crippen LogP contribution in [0.5, 0.6) is 0 Å². The van der Waals surface area contributed by atoms with Gasteiger partial charge in [-0.15, -0.1) is 0 Å². The summed E-state index contributed by atoms with van der Waals surface area (Å²) in [6.07, 6.45) is -0.922. The average Bonchev–Trinajstić information content (AvgIpc) is 2.15. The molecule has 0 spiro atoms. The zero-order valence-electron chi connectivity index (χ0n) is 8.92. The molecule has 17 heavy (non-hydrogen) atoms. The summed E-state index contributed by atoms with van der Waals surface area (Å²) >= 11 is 0. The Morgan fingerprint density at radius 2 is 1.12 bits per heavy atom. The van der Waals surface area contributed by atoms with Gasteiger partial charge in [0.05, 0.1) is 12.8 Å². The molecule has 0 saturated heterocycles. The zero-order chi connectivity index (χ0) is 13.6. The number of carbonyl (C=O) groups is 4. The van der Waals surface area contributed by atoms with Crippen LogP contribution in [0.3, 0.4) is 0 Å². The monoisotopic (exact) mass is 246 g/mol. The molecule has 9 nitrogen and oxygen atoms in total. The molecule has 96 valence electrons. The number of primary amides is 2. The van der Waals surface area contributed by atoms with E-state index in [-0.39, 0.29) is 0 Å². The van der Waals surface area contributed by atoms with Gasteiger partial charge >= 0.3 is 11.9 Å². The van der Waals surface area contributed by atoms with Gasteiger partial charge in [-0.2, -0.15) is 0 Å². The molecule has 0 saturated carbocycles. The van der Waals surface area contributed by atoms with E-state index in [0.29, 0.717) is 0 Å². The summed E-state index contributed by atoms with van der Waals surface area (Å²) in [4.78, 5) is 43.1. The molecule has 2 amide bonds. The normalized spacial score (nSPS) is 13.5. The van der Waals surface area contributed by atoms with Crippen molar-refractivity contribution in [3.05, 3.63) is 0 Å². The van der Waals surface area contributed by atoms with Crippen LogP contribution in [-0.2, 0) is 23.9 Å². The second-order valence-corrected chi connectivity index (χ2v) is 3.29. The SMILES string of the molecule is NC(=O)C[C@H](N)C(=O)OC(=O)[C@@H](N)CC(N)=O. The lowest BCUT2D eigenvalue weighted by Gasteiger charge is -2.11. The first-order chi connectivity index (χ1) is 7.73. The number of ether oxygens (including phenoxy) is 1. The molecule has 0 aromatic rings. The Morgan fingerprint density at radius 1 is 0.824 bits per heavy atom. The van der Waals surface area contributed by atoms with Crippen molar-refractivity contribution in [1.29, 1.82) is 0 Å². The van der Waals surface area contributed by atoms with Crippen LogP contribution in [0.2, 0.25) is 0 Å². The van der Waals surface area contributed by atoms with Gasteiger partial charge in [0.1, 0.15) is 12.1 Å². The summed E-state index contributed by atoms with van der Waals surface area (Å²) < 4.78 is 4.23. The molecule has 2 atom stereocenters. The number of amides is 2. The Kier molecular flexibility index (Phi) is 5.78. The van der Waals surface area contributed by atoms with Gasteiger partial charge in [0.15, 0.2) is 0 Å². The predicted molar refractivity (Wildman–Crippen MR) is 54.7 cm³/mol. The van der Waals surface area contributed by atoms with Crippen LogP contribution in [0.4, 0.5) is 0 Å². The first-order valence-electron chi connectivity index (χ1n) is 4.57. The molecule has 0 aliphatic carbocycles. The quantitative estimate of drug-likeness (QED) is 0.276. The van der Waals surface area contributed by atoms with Crippen molar-refractivity contribution in [3.63, 3.8) is 0 Å². The van der Waals surface area contributed by atoms with Crippen LogP contribution in [0.1, 0.15) is 12.8 Å². The summed E-state index contributed by atoms with van der Waals surface area (Å²) in [7, 11) is 0. The van der Waals surface area contributed by atoms with Crippen molar-refractivity contribution in [2.24, 2.45) is 22.9 Å². The lowest BCUT2D eigenvalue weighted by molar-refractivity contribution is -0.162. The Balaban J connectivity index is 4.24. The summed E-state index contributed by atoms with van der Waals surface area (Å²) in [6, 6.07) is -2.70. The molecule has 0 bridgehead atoms. The minimum Gasteiger partial charge on any atom is -0.391 e. The van der Waals surface area contributed by atoms with E-state index in [0.717, 1.165) is 0 Å². The van der Waals surface area contributed by atoms with E-state index in [9.17, 15) is 19.2 Å². The fourth-order valence-corrected chi connectivity index (χ4v) is 0.851. The summed E-state index contributed by atoms with van der Waals surface area (Å²) in [6.45, 7) is 0. The third-order valence-corrected chi connectivity index (χ3v) is 1.65. The smallest absolute Gasteiger partial charge is 0.331 e. The molecule has 0 heterocycles. The number of esters is 2. The minimum absolute atomic E-state index is 0.461. The van der Waals surface area contributed by atoms with E-state index in [1.807, 2.05) is 0 Å². The van der Waals surface area contributed by atoms with Gasteiger partial charge < -0.3 is 27.7 Å². The van der Waals surface area contributed by atoms with E-state index in [1.54, 1.807) is 0 Å². The van der Waals surface area contributed by atoms with Gasteiger partial charge in [0, 0.05) is 0 Å². The van der Waals surface area contributed by atoms with Gasteiger partial charge in [-0.3, -0.25) is 9.59 Å². The zero-order valence-corrected chi connectivity index (χ0v) is 8.92. The second-order valence-electron chi connectivity index (χ2n) is 3.29. The molecule has 9 heteroatoms. The van der Waals surface area contributed by atoms with Gasteiger partial charge in [0.25, 0.3) is 0 Å². The Labute approximate surface area is 96.4 Å². The lowest BCUT2D eigenvalue weighted by Crippen LogP contribution is -2.42. The van der Waals surface area contributed by atoms with Crippen LogP contribution >= 0.6 is 0 Å². The number of hydrogen-bond acceptors (Lipinski definition) is 7. The molecule has 0 unspecified atom stereocenters.